The lowest BCUT2D eigenvalue weighted by molar-refractivity contribution is 0.280. The van der Waals surface area contributed by atoms with Crippen LogP contribution in [0.25, 0.3) is 4.85 Å². The highest BCUT2D eigenvalue weighted by atomic mass is 35.5. The van der Waals surface area contributed by atoms with Gasteiger partial charge >= 0.3 is 0 Å². The van der Waals surface area contributed by atoms with Gasteiger partial charge in [0.2, 0.25) is 11.6 Å². The lowest BCUT2D eigenvalue weighted by Gasteiger charge is -2.22. The van der Waals surface area contributed by atoms with Crippen LogP contribution in [-0.4, -0.2) is 12.9 Å². The van der Waals surface area contributed by atoms with Crippen molar-refractivity contribution in [3.8, 4) is 0 Å². The standard InChI is InChI=1S/C13H11Cl2N3O/c1-17-12-8(6-11(16)18-13(12)19-2)7-3-4-9(14)10(15)5-7/h3-5,8H,6H2,2H3,(H2,16,18). The Morgan fingerprint density at radius 1 is 1.42 bits per heavy atom. The van der Waals surface area contributed by atoms with Crippen LogP contribution in [-0.2, 0) is 4.74 Å². The monoisotopic (exact) mass is 295 g/mol. The third-order valence-corrected chi connectivity index (χ3v) is 3.61. The molecule has 1 aromatic rings. The van der Waals surface area contributed by atoms with Crippen molar-refractivity contribution in [2.45, 2.75) is 12.3 Å². The SMILES string of the molecule is [C-]#[N+]C1=C(OC)N=C(N)CC1c1ccc(Cl)c(Cl)c1. The Morgan fingerprint density at radius 3 is 2.74 bits per heavy atom. The average Bonchev–Trinajstić information content (AvgIpc) is 2.40. The molecule has 0 aliphatic carbocycles. The normalized spacial score (nSPS) is 18.8. The van der Waals surface area contributed by atoms with Crippen LogP contribution in [0, 0.1) is 6.57 Å². The zero-order valence-electron chi connectivity index (χ0n) is 10.2. The van der Waals surface area contributed by atoms with Gasteiger partial charge in [0.1, 0.15) is 5.84 Å². The number of methoxy groups -OCH3 is 1. The smallest absolute Gasteiger partial charge is 0.232 e. The molecule has 2 N–H and O–H groups in total. The topological polar surface area (TPSA) is 52.0 Å². The molecule has 1 aromatic carbocycles. The summed E-state index contributed by atoms with van der Waals surface area (Å²) in [7, 11) is 1.47. The molecule has 4 nitrogen and oxygen atoms in total. The molecule has 0 amide bonds. The molecule has 1 heterocycles. The number of hydrogen-bond acceptors (Lipinski definition) is 3. The van der Waals surface area contributed by atoms with Gasteiger partial charge in [-0.25, -0.2) is 9.84 Å². The predicted molar refractivity (Wildman–Crippen MR) is 76.1 cm³/mol. The number of halogens is 2. The number of aliphatic imine (C=N–C) groups is 1. The summed E-state index contributed by atoms with van der Waals surface area (Å²) >= 11 is 11.9. The summed E-state index contributed by atoms with van der Waals surface area (Å²) in [6, 6.07) is 5.27. The maximum absolute atomic E-state index is 7.29. The van der Waals surface area contributed by atoms with Crippen LogP contribution in [0.15, 0.2) is 34.8 Å². The molecule has 1 aliphatic heterocycles. The van der Waals surface area contributed by atoms with Crippen molar-refractivity contribution in [3.63, 3.8) is 0 Å². The van der Waals surface area contributed by atoms with Gasteiger partial charge in [0.25, 0.3) is 0 Å². The number of nitrogens with zero attached hydrogens (tertiary/aromatic N) is 2. The fraction of sp³-hybridized carbons (Fsp3) is 0.231. The lowest BCUT2D eigenvalue weighted by atomic mass is 9.91. The minimum atomic E-state index is -0.209. The third kappa shape index (κ3) is 2.67. The first-order valence-corrected chi connectivity index (χ1v) is 6.26. The van der Waals surface area contributed by atoms with E-state index in [9.17, 15) is 0 Å². The van der Waals surface area contributed by atoms with Gasteiger partial charge in [-0.2, -0.15) is 0 Å². The van der Waals surface area contributed by atoms with Crippen molar-refractivity contribution in [3.05, 3.63) is 56.8 Å². The van der Waals surface area contributed by atoms with E-state index in [0.717, 1.165) is 5.56 Å². The number of rotatable bonds is 2. The zero-order valence-corrected chi connectivity index (χ0v) is 11.7. The number of ether oxygens (including phenoxy) is 1. The molecular formula is C13H11Cl2N3O. The summed E-state index contributed by atoms with van der Waals surface area (Å²) in [5.74, 6) is 0.481. The van der Waals surface area contributed by atoms with Crippen LogP contribution in [0.2, 0.25) is 10.0 Å². The Morgan fingerprint density at radius 2 is 2.16 bits per heavy atom. The van der Waals surface area contributed by atoms with Gasteiger partial charge < -0.3 is 10.5 Å². The number of nitrogens with two attached hydrogens (primary N) is 1. The Hall–Kier alpha value is -1.70. The van der Waals surface area contributed by atoms with Gasteiger partial charge in [-0.1, -0.05) is 29.3 Å². The van der Waals surface area contributed by atoms with Crippen molar-refractivity contribution < 1.29 is 4.74 Å². The molecular weight excluding hydrogens is 285 g/mol. The highest BCUT2D eigenvalue weighted by molar-refractivity contribution is 6.42. The number of hydrogen-bond donors (Lipinski definition) is 1. The van der Waals surface area contributed by atoms with Crippen LogP contribution >= 0.6 is 23.2 Å². The van der Waals surface area contributed by atoms with Gasteiger partial charge in [0.15, 0.2) is 0 Å². The van der Waals surface area contributed by atoms with E-state index in [2.05, 4.69) is 9.84 Å². The molecule has 0 saturated heterocycles. The molecule has 0 radical (unpaired) electrons. The van der Waals surface area contributed by atoms with Crippen molar-refractivity contribution in [1.82, 2.24) is 0 Å². The number of allylic oxidation sites excluding steroid dienone is 1. The molecule has 1 aliphatic rings. The molecule has 0 spiro atoms. The Balaban J connectivity index is 2.50. The summed E-state index contributed by atoms with van der Waals surface area (Å²) < 4.78 is 5.11. The van der Waals surface area contributed by atoms with Crippen molar-refractivity contribution >= 4 is 29.0 Å². The van der Waals surface area contributed by atoms with Crippen molar-refractivity contribution in [2.75, 3.05) is 7.11 Å². The molecule has 1 unspecified atom stereocenters. The predicted octanol–water partition coefficient (Wildman–Crippen LogP) is 3.57. The molecule has 0 bridgehead atoms. The van der Waals surface area contributed by atoms with Crippen LogP contribution in [0.5, 0.6) is 0 Å². The van der Waals surface area contributed by atoms with E-state index in [1.54, 1.807) is 12.1 Å². The lowest BCUT2D eigenvalue weighted by Crippen LogP contribution is -2.22. The summed E-state index contributed by atoms with van der Waals surface area (Å²) in [6.45, 7) is 7.29. The highest BCUT2D eigenvalue weighted by Gasteiger charge is 2.28. The van der Waals surface area contributed by atoms with E-state index < -0.39 is 0 Å². The summed E-state index contributed by atoms with van der Waals surface area (Å²) in [6.07, 6.45) is 0.461. The molecule has 1 atom stereocenters. The van der Waals surface area contributed by atoms with E-state index in [-0.39, 0.29) is 11.8 Å². The van der Waals surface area contributed by atoms with E-state index in [1.165, 1.54) is 7.11 Å². The number of benzene rings is 1. The maximum atomic E-state index is 7.29. The quantitative estimate of drug-likeness (QED) is 0.848. The summed E-state index contributed by atoms with van der Waals surface area (Å²) in [5, 5.41) is 0.923. The first-order chi connectivity index (χ1) is 9.06. The largest absolute Gasteiger partial charge is 0.490 e. The van der Waals surface area contributed by atoms with E-state index in [0.29, 0.717) is 28.0 Å². The number of amidine groups is 1. The maximum Gasteiger partial charge on any atom is 0.232 e. The molecule has 6 heteroatoms. The minimum absolute atomic E-state index is 0.209. The van der Waals surface area contributed by atoms with Gasteiger partial charge in [-0.05, 0) is 17.7 Å². The van der Waals surface area contributed by atoms with Crippen LogP contribution < -0.4 is 5.73 Å². The molecule has 98 valence electrons. The van der Waals surface area contributed by atoms with Crippen LogP contribution in [0.1, 0.15) is 17.9 Å². The second-order valence-electron chi connectivity index (χ2n) is 4.04. The fourth-order valence-electron chi connectivity index (χ4n) is 1.97. The average molecular weight is 296 g/mol. The molecule has 0 fully saturated rings. The van der Waals surface area contributed by atoms with Gasteiger partial charge in [-0.15, -0.1) is 0 Å². The second-order valence-corrected chi connectivity index (χ2v) is 4.85. The third-order valence-electron chi connectivity index (χ3n) is 2.87. The molecule has 19 heavy (non-hydrogen) atoms. The Bertz CT molecular complexity index is 617. The Kier molecular flexibility index (Phi) is 3.98. The van der Waals surface area contributed by atoms with E-state index in [1.807, 2.05) is 6.07 Å². The highest BCUT2D eigenvalue weighted by Crippen LogP contribution is 2.37. The first kappa shape index (κ1) is 13.7. The van der Waals surface area contributed by atoms with E-state index in [4.69, 9.17) is 40.2 Å². The molecule has 2 rings (SSSR count). The molecule has 0 aromatic heterocycles. The first-order valence-electron chi connectivity index (χ1n) is 5.50. The fourth-order valence-corrected chi connectivity index (χ4v) is 2.28. The van der Waals surface area contributed by atoms with Gasteiger partial charge in [0.05, 0.1) is 23.7 Å². The minimum Gasteiger partial charge on any atom is -0.490 e. The van der Waals surface area contributed by atoms with Crippen LogP contribution in [0.3, 0.4) is 0 Å². The van der Waals surface area contributed by atoms with Crippen molar-refractivity contribution in [2.24, 2.45) is 10.7 Å². The van der Waals surface area contributed by atoms with E-state index >= 15 is 0 Å². The van der Waals surface area contributed by atoms with Gasteiger partial charge in [-0.3, -0.25) is 0 Å². The zero-order chi connectivity index (χ0) is 14.0. The van der Waals surface area contributed by atoms with Crippen LogP contribution in [0.4, 0.5) is 0 Å². The second kappa shape index (κ2) is 5.52. The Labute approximate surface area is 121 Å². The van der Waals surface area contributed by atoms with Crippen molar-refractivity contribution in [1.29, 1.82) is 0 Å². The molecule has 0 saturated carbocycles. The summed E-state index contributed by atoms with van der Waals surface area (Å²) in [4.78, 5) is 7.56. The summed E-state index contributed by atoms with van der Waals surface area (Å²) in [5.41, 5.74) is 7.08. The van der Waals surface area contributed by atoms with Gasteiger partial charge in [0, 0.05) is 12.3 Å².